The first kappa shape index (κ1) is 19.7. The normalized spacial score (nSPS) is 16.3. The number of hydrogen-bond donors (Lipinski definition) is 1. The van der Waals surface area contributed by atoms with Gasteiger partial charge in [0, 0.05) is 12.1 Å². The number of aliphatic imine (C=N–C) groups is 1. The fourth-order valence-electron chi connectivity index (χ4n) is 2.98. The lowest BCUT2D eigenvalue weighted by atomic mass is 10.1. The molecule has 1 amide bonds. The van der Waals surface area contributed by atoms with Gasteiger partial charge in [-0.1, -0.05) is 24.3 Å². The summed E-state index contributed by atoms with van der Waals surface area (Å²) < 4.78 is 5.75. The Bertz CT molecular complexity index is 1230. The number of nitrogens with one attached hydrogen (secondary N) is 1. The molecule has 0 bridgehead atoms. The standard InChI is InChI=1S/C22H17N3O4S/c1-13-7-8-14(2)17(11-13)23-22-24-21(26)20(30-22)12-15-9-10-19(29-15)16-5-3-4-6-18(16)25(27)28/h3-12H,1-2H3,(H,23,24,26)/b20-12-. The highest BCUT2D eigenvalue weighted by Gasteiger charge is 2.25. The second-order valence-electron chi connectivity index (χ2n) is 6.75. The van der Waals surface area contributed by atoms with Crippen LogP contribution in [0.5, 0.6) is 0 Å². The van der Waals surface area contributed by atoms with Gasteiger partial charge in [0.05, 0.1) is 21.1 Å². The van der Waals surface area contributed by atoms with E-state index in [2.05, 4.69) is 10.3 Å². The molecule has 1 aromatic heterocycles. The third-order valence-electron chi connectivity index (χ3n) is 4.50. The van der Waals surface area contributed by atoms with Crippen molar-refractivity contribution in [1.82, 2.24) is 5.32 Å². The topological polar surface area (TPSA) is 97.7 Å². The van der Waals surface area contributed by atoms with Crippen LogP contribution in [0.15, 0.2) is 68.9 Å². The zero-order chi connectivity index (χ0) is 21.3. The first-order chi connectivity index (χ1) is 14.4. The summed E-state index contributed by atoms with van der Waals surface area (Å²) in [6.45, 7) is 3.95. The van der Waals surface area contributed by atoms with Gasteiger partial charge < -0.3 is 9.73 Å². The summed E-state index contributed by atoms with van der Waals surface area (Å²) in [4.78, 5) is 28.1. The molecule has 2 aromatic carbocycles. The molecule has 0 radical (unpaired) electrons. The molecule has 0 aliphatic carbocycles. The van der Waals surface area contributed by atoms with E-state index in [9.17, 15) is 14.9 Å². The second kappa shape index (κ2) is 8.00. The van der Waals surface area contributed by atoms with Gasteiger partial charge in [0.1, 0.15) is 11.5 Å². The molecule has 0 spiro atoms. The van der Waals surface area contributed by atoms with Crippen LogP contribution in [0.2, 0.25) is 0 Å². The summed E-state index contributed by atoms with van der Waals surface area (Å²) in [7, 11) is 0. The van der Waals surface area contributed by atoms with Crippen molar-refractivity contribution in [3.05, 3.63) is 86.5 Å². The predicted octanol–water partition coefficient (Wildman–Crippen LogP) is 5.36. The maximum absolute atomic E-state index is 12.3. The number of thioether (sulfide) groups is 1. The van der Waals surface area contributed by atoms with E-state index in [-0.39, 0.29) is 11.6 Å². The maximum atomic E-state index is 12.3. The lowest BCUT2D eigenvalue weighted by Crippen LogP contribution is -2.19. The molecule has 0 unspecified atom stereocenters. The van der Waals surface area contributed by atoms with Gasteiger partial charge >= 0.3 is 0 Å². The summed E-state index contributed by atoms with van der Waals surface area (Å²) in [5, 5.41) is 14.5. The number of nitro benzene ring substituents is 1. The van der Waals surface area contributed by atoms with Crippen LogP contribution in [0, 0.1) is 24.0 Å². The largest absolute Gasteiger partial charge is 0.456 e. The summed E-state index contributed by atoms with van der Waals surface area (Å²) in [5.74, 6) is 0.517. The Kier molecular flexibility index (Phi) is 5.24. The number of rotatable bonds is 4. The Hall–Kier alpha value is -3.65. The first-order valence-electron chi connectivity index (χ1n) is 9.11. The Morgan fingerprint density at radius 3 is 2.73 bits per heavy atom. The Morgan fingerprint density at radius 2 is 1.93 bits per heavy atom. The third kappa shape index (κ3) is 4.04. The Balaban J connectivity index is 1.60. The molecule has 1 saturated heterocycles. The average Bonchev–Trinajstić information content (AvgIpc) is 3.31. The van der Waals surface area contributed by atoms with E-state index in [1.807, 2.05) is 32.0 Å². The monoisotopic (exact) mass is 419 g/mol. The number of carbonyl (C=O) groups excluding carboxylic acids is 1. The number of amidine groups is 1. The smallest absolute Gasteiger partial charge is 0.280 e. The molecular weight excluding hydrogens is 402 g/mol. The van der Waals surface area contributed by atoms with Gasteiger partial charge in [-0.05, 0) is 61.0 Å². The van der Waals surface area contributed by atoms with Crippen molar-refractivity contribution in [3.63, 3.8) is 0 Å². The number of benzene rings is 2. The zero-order valence-corrected chi connectivity index (χ0v) is 17.0. The molecule has 8 heteroatoms. The molecule has 0 saturated carbocycles. The molecular formula is C22H17N3O4S. The van der Waals surface area contributed by atoms with Gasteiger partial charge in [0.15, 0.2) is 5.17 Å². The van der Waals surface area contributed by atoms with E-state index in [1.54, 1.807) is 36.4 Å². The van der Waals surface area contributed by atoms with Crippen molar-refractivity contribution in [2.24, 2.45) is 4.99 Å². The van der Waals surface area contributed by atoms with E-state index in [0.717, 1.165) is 16.8 Å². The lowest BCUT2D eigenvalue weighted by Gasteiger charge is -2.02. The van der Waals surface area contributed by atoms with Gasteiger partial charge in [-0.25, -0.2) is 4.99 Å². The Morgan fingerprint density at radius 1 is 1.13 bits per heavy atom. The van der Waals surface area contributed by atoms with Gasteiger partial charge in [-0.15, -0.1) is 0 Å². The predicted molar refractivity (Wildman–Crippen MR) is 118 cm³/mol. The fraction of sp³-hybridized carbons (Fsp3) is 0.0909. The molecule has 30 heavy (non-hydrogen) atoms. The number of nitro groups is 1. The molecule has 2 heterocycles. The molecule has 1 aliphatic heterocycles. The van der Waals surface area contributed by atoms with Gasteiger partial charge in [0.2, 0.25) is 0 Å². The van der Waals surface area contributed by atoms with Crippen molar-refractivity contribution in [1.29, 1.82) is 0 Å². The molecule has 4 rings (SSSR count). The number of aryl methyl sites for hydroxylation is 2. The average molecular weight is 419 g/mol. The second-order valence-corrected chi connectivity index (χ2v) is 7.78. The van der Waals surface area contributed by atoms with Crippen LogP contribution in [0.3, 0.4) is 0 Å². The summed E-state index contributed by atoms with van der Waals surface area (Å²) in [5.41, 5.74) is 3.24. The van der Waals surface area contributed by atoms with Crippen molar-refractivity contribution < 1.29 is 14.1 Å². The maximum Gasteiger partial charge on any atom is 0.280 e. The summed E-state index contributed by atoms with van der Waals surface area (Å²) in [6.07, 6.45) is 1.60. The minimum absolute atomic E-state index is 0.0398. The summed E-state index contributed by atoms with van der Waals surface area (Å²) in [6, 6.07) is 15.6. The fourth-order valence-corrected chi connectivity index (χ4v) is 3.79. The van der Waals surface area contributed by atoms with E-state index in [1.165, 1.54) is 17.8 Å². The molecule has 1 aliphatic rings. The van der Waals surface area contributed by atoms with Gasteiger partial charge in [-0.2, -0.15) is 0 Å². The number of hydrogen-bond acceptors (Lipinski definition) is 6. The molecule has 1 fully saturated rings. The molecule has 0 atom stereocenters. The number of amides is 1. The lowest BCUT2D eigenvalue weighted by molar-refractivity contribution is -0.384. The van der Waals surface area contributed by atoms with Crippen molar-refractivity contribution >= 4 is 40.3 Å². The third-order valence-corrected chi connectivity index (χ3v) is 5.41. The van der Waals surface area contributed by atoms with Crippen LogP contribution < -0.4 is 5.32 Å². The first-order valence-corrected chi connectivity index (χ1v) is 9.93. The molecule has 7 nitrogen and oxygen atoms in total. The van der Waals surface area contributed by atoms with Crippen LogP contribution in [0.4, 0.5) is 11.4 Å². The minimum Gasteiger partial charge on any atom is -0.456 e. The van der Waals surface area contributed by atoms with Crippen LogP contribution in [-0.4, -0.2) is 16.0 Å². The number of nitrogens with zero attached hydrogens (tertiary/aromatic N) is 2. The number of furan rings is 1. The van der Waals surface area contributed by atoms with E-state index < -0.39 is 4.92 Å². The van der Waals surface area contributed by atoms with Gasteiger partial charge in [-0.3, -0.25) is 14.9 Å². The molecule has 150 valence electrons. The number of carbonyl (C=O) groups is 1. The Labute approximate surface area is 176 Å². The van der Waals surface area contributed by atoms with Crippen molar-refractivity contribution in [3.8, 4) is 11.3 Å². The van der Waals surface area contributed by atoms with E-state index in [4.69, 9.17) is 4.42 Å². The van der Waals surface area contributed by atoms with Gasteiger partial charge in [0.25, 0.3) is 11.6 Å². The highest BCUT2D eigenvalue weighted by atomic mass is 32.2. The van der Waals surface area contributed by atoms with E-state index in [0.29, 0.717) is 27.2 Å². The van der Waals surface area contributed by atoms with Crippen LogP contribution in [0.1, 0.15) is 16.9 Å². The SMILES string of the molecule is Cc1ccc(C)c(N=C2NC(=O)/C(=C/c3ccc(-c4ccccc4[N+](=O)[O-])o3)S2)c1. The van der Waals surface area contributed by atoms with Crippen molar-refractivity contribution in [2.75, 3.05) is 0 Å². The minimum atomic E-state index is -0.452. The highest BCUT2D eigenvalue weighted by molar-refractivity contribution is 8.18. The number of para-hydroxylation sites is 1. The quantitative estimate of drug-likeness (QED) is 0.349. The van der Waals surface area contributed by atoms with Crippen molar-refractivity contribution in [2.45, 2.75) is 13.8 Å². The molecule has 3 aromatic rings. The van der Waals surface area contributed by atoms with Crippen LogP contribution in [-0.2, 0) is 4.79 Å². The summed E-state index contributed by atoms with van der Waals surface area (Å²) >= 11 is 1.22. The molecule has 1 N–H and O–H groups in total. The highest BCUT2D eigenvalue weighted by Crippen LogP contribution is 2.33. The van der Waals surface area contributed by atoms with Crippen LogP contribution >= 0.6 is 11.8 Å². The van der Waals surface area contributed by atoms with E-state index >= 15 is 0 Å². The zero-order valence-electron chi connectivity index (χ0n) is 16.2. The van der Waals surface area contributed by atoms with Crippen LogP contribution in [0.25, 0.3) is 17.4 Å².